The SMILES string of the molecule is C=C1[C@@H]([C@@]2(C)C=C[C@@H](O[C@@H]3O[C@H](CO[C@@H]4O[C@@H](C)[C@H](O)[C@@H](O)[C@H]4O)[C@@H](O)[C@H](O)[C@H]3O)C(C)(C)[C@@H]2CC(=O)OC)CC[C@@]2(C)[C@H](c3ccoc3)OC(=O)[C@H]3O[C@]132. The average molecular weight is 779 g/mol. The molecule has 1 saturated carbocycles. The number of hydrogen-bond donors (Lipinski definition) is 6. The Morgan fingerprint density at radius 3 is 2.31 bits per heavy atom. The van der Waals surface area contributed by atoms with E-state index >= 15 is 0 Å². The predicted octanol–water partition coefficient (Wildman–Crippen LogP) is 0.806. The Hall–Kier alpha value is -2.74. The molecular weight excluding hydrogens is 724 g/mol. The molecule has 306 valence electrons. The monoisotopic (exact) mass is 778 g/mol. The molecule has 7 rings (SSSR count). The number of aliphatic hydroxyl groups is 6. The summed E-state index contributed by atoms with van der Waals surface area (Å²) in [5.41, 5.74) is -1.79. The first-order valence-electron chi connectivity index (χ1n) is 18.9. The fourth-order valence-electron chi connectivity index (χ4n) is 10.3. The summed E-state index contributed by atoms with van der Waals surface area (Å²) < 4.78 is 46.3. The zero-order valence-corrected chi connectivity index (χ0v) is 31.8. The molecule has 0 amide bonds. The highest BCUT2D eigenvalue weighted by molar-refractivity contribution is 5.83. The molecule has 18 atom stereocenters. The number of rotatable bonds is 9. The minimum Gasteiger partial charge on any atom is -0.472 e. The van der Waals surface area contributed by atoms with Crippen molar-refractivity contribution >= 4 is 11.9 Å². The first-order valence-corrected chi connectivity index (χ1v) is 18.9. The molecule has 2 aliphatic carbocycles. The lowest BCUT2D eigenvalue weighted by Gasteiger charge is -2.58. The second kappa shape index (κ2) is 14.3. The predicted molar refractivity (Wildman–Crippen MR) is 186 cm³/mol. The van der Waals surface area contributed by atoms with Gasteiger partial charge in [0.2, 0.25) is 0 Å². The molecule has 6 N–H and O–H groups in total. The van der Waals surface area contributed by atoms with Gasteiger partial charge in [-0.2, -0.15) is 0 Å². The molecule has 0 unspecified atom stereocenters. The van der Waals surface area contributed by atoms with Crippen molar-refractivity contribution in [3.05, 3.63) is 48.5 Å². The molecule has 1 aromatic rings. The van der Waals surface area contributed by atoms with Crippen LogP contribution in [-0.2, 0) is 42.7 Å². The molecule has 5 fully saturated rings. The molecule has 5 heterocycles. The number of allylic oxidation sites excluding steroid dienone is 1. The van der Waals surface area contributed by atoms with Crippen molar-refractivity contribution < 1.29 is 77.8 Å². The topological polar surface area (TPSA) is 237 Å². The number of carbonyl (C=O) groups excluding carboxylic acids is 2. The number of furan rings is 1. The summed E-state index contributed by atoms with van der Waals surface area (Å²) in [5.74, 6) is -1.65. The zero-order valence-electron chi connectivity index (χ0n) is 31.8. The minimum absolute atomic E-state index is 0.0171. The van der Waals surface area contributed by atoms with Gasteiger partial charge in [0.25, 0.3) is 0 Å². The average Bonchev–Trinajstić information content (AvgIpc) is 3.71. The largest absolute Gasteiger partial charge is 0.472 e. The van der Waals surface area contributed by atoms with Crippen LogP contribution < -0.4 is 0 Å². The van der Waals surface area contributed by atoms with E-state index in [1.807, 2.05) is 32.9 Å². The van der Waals surface area contributed by atoms with Gasteiger partial charge in [-0.15, -0.1) is 0 Å². The Labute approximate surface area is 318 Å². The van der Waals surface area contributed by atoms with E-state index in [9.17, 15) is 40.2 Å². The highest BCUT2D eigenvalue weighted by atomic mass is 16.7. The molecule has 1 spiro atoms. The van der Waals surface area contributed by atoms with Crippen LogP contribution in [0.5, 0.6) is 0 Å². The molecular formula is C39H54O16. The summed E-state index contributed by atoms with van der Waals surface area (Å²) in [6.45, 7) is 13.6. The quantitative estimate of drug-likeness (QED) is 0.116. The first-order chi connectivity index (χ1) is 25.8. The van der Waals surface area contributed by atoms with Crippen LogP contribution in [0.4, 0.5) is 0 Å². The van der Waals surface area contributed by atoms with Gasteiger partial charge in [0, 0.05) is 17.4 Å². The highest BCUT2D eigenvalue weighted by Crippen LogP contribution is 2.72. The minimum atomic E-state index is -1.72. The van der Waals surface area contributed by atoms with E-state index in [-0.39, 0.29) is 12.3 Å². The molecule has 0 aromatic carbocycles. The first kappa shape index (κ1) is 40.5. The van der Waals surface area contributed by atoms with Crippen molar-refractivity contribution in [3.8, 4) is 0 Å². The summed E-state index contributed by atoms with van der Waals surface area (Å²) in [7, 11) is 1.32. The van der Waals surface area contributed by atoms with Gasteiger partial charge in [-0.1, -0.05) is 46.4 Å². The second-order valence-corrected chi connectivity index (χ2v) is 17.1. The zero-order chi connectivity index (χ0) is 40.0. The van der Waals surface area contributed by atoms with Crippen molar-refractivity contribution in [2.24, 2.45) is 28.1 Å². The van der Waals surface area contributed by atoms with Gasteiger partial charge >= 0.3 is 11.9 Å². The van der Waals surface area contributed by atoms with Crippen LogP contribution in [0.15, 0.2) is 47.3 Å². The van der Waals surface area contributed by atoms with Crippen molar-refractivity contribution in [2.45, 2.75) is 139 Å². The van der Waals surface area contributed by atoms with Gasteiger partial charge in [-0.05, 0) is 54.1 Å². The maximum atomic E-state index is 13.3. The van der Waals surface area contributed by atoms with Gasteiger partial charge in [0.15, 0.2) is 18.7 Å². The second-order valence-electron chi connectivity index (χ2n) is 17.1. The summed E-state index contributed by atoms with van der Waals surface area (Å²) in [6.07, 6.45) is -8.66. The lowest BCUT2D eigenvalue weighted by atomic mass is 9.46. The van der Waals surface area contributed by atoms with Crippen LogP contribution in [-0.4, -0.2) is 136 Å². The molecule has 16 heteroatoms. The van der Waals surface area contributed by atoms with E-state index in [1.165, 1.54) is 20.3 Å². The summed E-state index contributed by atoms with van der Waals surface area (Å²) in [5, 5.41) is 63.3. The number of hydrogen-bond acceptors (Lipinski definition) is 16. The van der Waals surface area contributed by atoms with Crippen LogP contribution >= 0.6 is 0 Å². The molecule has 0 bridgehead atoms. The third-order valence-electron chi connectivity index (χ3n) is 13.7. The normalized spacial score (nSPS) is 49.1. The summed E-state index contributed by atoms with van der Waals surface area (Å²) in [6, 6.07) is 1.78. The van der Waals surface area contributed by atoms with Gasteiger partial charge in [0.05, 0.1) is 38.5 Å². The third kappa shape index (κ3) is 6.23. The smallest absolute Gasteiger partial charge is 0.339 e. The van der Waals surface area contributed by atoms with E-state index in [0.717, 1.165) is 11.1 Å². The number of carbonyl (C=O) groups is 2. The van der Waals surface area contributed by atoms with E-state index < -0.39 is 126 Å². The Morgan fingerprint density at radius 1 is 0.945 bits per heavy atom. The van der Waals surface area contributed by atoms with E-state index in [4.69, 9.17) is 37.6 Å². The molecule has 1 aromatic heterocycles. The number of esters is 2. The standard InChI is InChI=1S/C39H54O16/c1-17-20(8-12-38(6)31(19-10-13-49-15-19)54-33(47)32-39(17,38)55-32)37(5)11-9-23(36(3,4)22(37)14-24(40)48-7)53-35-30(46)28(44)26(42)21(52-35)16-50-34-29(45)27(43)25(41)18(2)51-34/h9-11,13,15,18,20-23,25-32,34-35,41-46H,1,8,12,14,16H2,2-7H3/t18-,20-,21+,22-,23+,25-,26+,27+,28-,29+,30+,31-,32+,34+,35-,37+,38-,39+/m0/s1. The van der Waals surface area contributed by atoms with Gasteiger partial charge in [-0.3, -0.25) is 4.79 Å². The Bertz CT molecular complexity index is 1650. The number of epoxide rings is 1. The van der Waals surface area contributed by atoms with Crippen LogP contribution in [0, 0.1) is 28.1 Å². The summed E-state index contributed by atoms with van der Waals surface area (Å²) in [4.78, 5) is 26.4. The van der Waals surface area contributed by atoms with Crippen LogP contribution in [0.25, 0.3) is 0 Å². The fraction of sp³-hybridized carbons (Fsp3) is 0.744. The van der Waals surface area contributed by atoms with Crippen molar-refractivity contribution in [3.63, 3.8) is 0 Å². The Balaban J connectivity index is 1.13. The maximum absolute atomic E-state index is 13.3. The number of cyclic esters (lactones) is 1. The molecule has 4 saturated heterocycles. The highest BCUT2D eigenvalue weighted by Gasteiger charge is 2.80. The molecule has 16 nitrogen and oxygen atoms in total. The molecule has 6 aliphatic rings. The maximum Gasteiger partial charge on any atom is 0.339 e. The van der Waals surface area contributed by atoms with E-state index in [0.29, 0.717) is 12.8 Å². The summed E-state index contributed by atoms with van der Waals surface area (Å²) >= 11 is 0. The van der Waals surface area contributed by atoms with E-state index in [2.05, 4.69) is 13.5 Å². The van der Waals surface area contributed by atoms with Crippen LogP contribution in [0.2, 0.25) is 0 Å². The molecule has 55 heavy (non-hydrogen) atoms. The fourth-order valence-corrected chi connectivity index (χ4v) is 10.3. The molecule has 4 aliphatic heterocycles. The van der Waals surface area contributed by atoms with Crippen LogP contribution in [0.3, 0.4) is 0 Å². The van der Waals surface area contributed by atoms with E-state index in [1.54, 1.807) is 12.3 Å². The third-order valence-corrected chi connectivity index (χ3v) is 13.7. The lowest BCUT2D eigenvalue weighted by Crippen LogP contribution is -2.62. The van der Waals surface area contributed by atoms with Crippen LogP contribution in [0.1, 0.15) is 65.5 Å². The van der Waals surface area contributed by atoms with Gasteiger partial charge in [0.1, 0.15) is 54.4 Å². The van der Waals surface area contributed by atoms with Crippen molar-refractivity contribution in [1.82, 2.24) is 0 Å². The Morgan fingerprint density at radius 2 is 1.64 bits per heavy atom. The van der Waals surface area contributed by atoms with Crippen molar-refractivity contribution in [2.75, 3.05) is 13.7 Å². The van der Waals surface area contributed by atoms with Gasteiger partial charge < -0.3 is 68.2 Å². The lowest BCUT2D eigenvalue weighted by molar-refractivity contribution is -0.336. The number of aliphatic hydroxyl groups excluding tert-OH is 6. The molecule has 0 radical (unpaired) electrons. The number of methoxy groups -OCH3 is 1. The number of ether oxygens (including phenoxy) is 7. The van der Waals surface area contributed by atoms with Gasteiger partial charge in [-0.25, -0.2) is 4.79 Å². The Kier molecular flexibility index (Phi) is 10.5. The van der Waals surface area contributed by atoms with Crippen molar-refractivity contribution in [1.29, 1.82) is 0 Å².